The summed E-state index contributed by atoms with van der Waals surface area (Å²) in [5.74, 6) is 1.02. The number of Topliss-reactive ketones (excluding diaryl/α,β-unsaturated/α-hetero) is 1. The van der Waals surface area contributed by atoms with E-state index in [1.54, 1.807) is 12.1 Å². The van der Waals surface area contributed by atoms with Crippen LogP contribution in [0.3, 0.4) is 0 Å². The van der Waals surface area contributed by atoms with Crippen molar-refractivity contribution < 1.29 is 32.3 Å². The predicted octanol–water partition coefficient (Wildman–Crippen LogP) is 2.94. The number of hydroxylamine groups is 1. The van der Waals surface area contributed by atoms with Crippen molar-refractivity contribution >= 4 is 21.7 Å². The van der Waals surface area contributed by atoms with Gasteiger partial charge in [-0.1, -0.05) is 36.4 Å². The number of aryl methyl sites for hydroxylation is 1. The summed E-state index contributed by atoms with van der Waals surface area (Å²) in [7, 11) is -3.90. The third kappa shape index (κ3) is 4.44. The molecule has 1 aliphatic carbocycles. The molecule has 38 heavy (non-hydrogen) atoms. The fourth-order valence-corrected chi connectivity index (χ4v) is 6.17. The first-order valence-electron chi connectivity index (χ1n) is 12.3. The number of nitrogens with one attached hydrogen (secondary N) is 2. The summed E-state index contributed by atoms with van der Waals surface area (Å²) >= 11 is 0. The highest BCUT2D eigenvalue weighted by Crippen LogP contribution is 2.51. The number of rotatable bonds is 8. The lowest BCUT2D eigenvalue weighted by atomic mass is 9.87. The maximum absolute atomic E-state index is 13.5. The molecule has 3 aromatic carbocycles. The lowest BCUT2D eigenvalue weighted by Gasteiger charge is -2.16. The number of hydrogen-bond donors (Lipinski definition) is 2. The van der Waals surface area contributed by atoms with Crippen molar-refractivity contribution in [1.29, 1.82) is 0 Å². The molecular formula is C28H26N2O7S. The fourth-order valence-electron chi connectivity index (χ4n) is 4.99. The molecule has 0 spiro atoms. The quantitative estimate of drug-likeness (QED) is 0.456. The van der Waals surface area contributed by atoms with E-state index in [-0.39, 0.29) is 24.1 Å². The minimum atomic E-state index is -3.90. The lowest BCUT2D eigenvalue weighted by molar-refractivity contribution is -0.125. The predicted molar refractivity (Wildman–Crippen MR) is 137 cm³/mol. The third-order valence-electron chi connectivity index (χ3n) is 7.39. The Morgan fingerprint density at radius 1 is 1.03 bits per heavy atom. The van der Waals surface area contributed by atoms with E-state index in [2.05, 4.69) is 10.2 Å². The number of sulfonamides is 1. The molecule has 2 fully saturated rings. The molecule has 2 aliphatic heterocycles. The van der Waals surface area contributed by atoms with Gasteiger partial charge in [0.2, 0.25) is 16.8 Å². The van der Waals surface area contributed by atoms with Crippen molar-refractivity contribution in [1.82, 2.24) is 10.2 Å². The maximum Gasteiger partial charge on any atom is 0.264 e. The summed E-state index contributed by atoms with van der Waals surface area (Å²) in [6, 6.07) is 17.2. The normalized spacial score (nSPS) is 19.3. The van der Waals surface area contributed by atoms with E-state index >= 15 is 0 Å². The van der Waals surface area contributed by atoms with E-state index in [0.29, 0.717) is 17.9 Å². The number of amides is 1. The summed E-state index contributed by atoms with van der Waals surface area (Å²) in [5, 5.41) is 0. The van der Waals surface area contributed by atoms with Crippen molar-refractivity contribution in [2.24, 2.45) is 0 Å². The highest BCUT2D eigenvalue weighted by Gasteiger charge is 2.50. The number of carbonyl (C=O) groups excluding carboxylic acids is 2. The zero-order valence-corrected chi connectivity index (χ0v) is 21.5. The molecule has 2 N–H and O–H groups in total. The van der Waals surface area contributed by atoms with Gasteiger partial charge in [0.15, 0.2) is 11.5 Å². The summed E-state index contributed by atoms with van der Waals surface area (Å²) in [6.45, 7) is 2.10. The molecule has 0 bridgehead atoms. The molecule has 0 unspecified atom stereocenters. The van der Waals surface area contributed by atoms with E-state index in [1.165, 1.54) is 12.1 Å². The molecule has 3 aromatic rings. The smallest absolute Gasteiger partial charge is 0.264 e. The number of carbonyl (C=O) groups is 2. The summed E-state index contributed by atoms with van der Waals surface area (Å²) in [6.07, 6.45) is 1.91. The van der Waals surface area contributed by atoms with Gasteiger partial charge in [0.05, 0.1) is 10.3 Å². The van der Waals surface area contributed by atoms with Crippen molar-refractivity contribution in [3.05, 3.63) is 77.4 Å². The molecule has 10 heteroatoms. The maximum atomic E-state index is 13.5. The van der Waals surface area contributed by atoms with Crippen LogP contribution in [0.2, 0.25) is 0 Å². The molecule has 3 aliphatic rings. The second kappa shape index (κ2) is 9.23. The van der Waals surface area contributed by atoms with Gasteiger partial charge >= 0.3 is 0 Å². The van der Waals surface area contributed by atoms with E-state index in [0.717, 1.165) is 40.7 Å². The molecule has 9 nitrogen and oxygen atoms in total. The van der Waals surface area contributed by atoms with E-state index in [9.17, 15) is 18.0 Å². The molecule has 1 atom stereocenters. The molecule has 2 heterocycles. The van der Waals surface area contributed by atoms with Gasteiger partial charge < -0.3 is 9.47 Å². The Morgan fingerprint density at radius 3 is 2.50 bits per heavy atom. The topological polar surface area (TPSA) is 120 Å². The summed E-state index contributed by atoms with van der Waals surface area (Å²) in [5.41, 5.74) is 6.26. The van der Waals surface area contributed by atoms with Crippen molar-refractivity contribution in [2.75, 3.05) is 13.4 Å². The van der Waals surface area contributed by atoms with Crippen molar-refractivity contribution in [3.63, 3.8) is 0 Å². The van der Waals surface area contributed by atoms with Crippen LogP contribution in [-0.4, -0.2) is 39.5 Å². The second-order valence-corrected chi connectivity index (χ2v) is 11.6. The number of ketones is 1. The largest absolute Gasteiger partial charge is 0.454 e. The zero-order valence-electron chi connectivity index (χ0n) is 20.7. The number of fused-ring (bicyclic) bond motifs is 1. The standard InChI is InChI=1S/C28H26N2O7S/c1-17-2-3-18(13-26(31)28(10-11-28)20-6-9-24-25(14-20)36-16-35-24)12-22(17)19-4-7-21(8-5-19)38(33,34)30-23-15-37-29-27(23)32/h2-9,12,14,23,30H,10-11,13,15-16H2,1H3,(H,29,32)/t23-/m1/s1. The van der Waals surface area contributed by atoms with Gasteiger partial charge in [0.25, 0.3) is 5.91 Å². The highest BCUT2D eigenvalue weighted by molar-refractivity contribution is 7.89. The van der Waals surface area contributed by atoms with Crippen LogP contribution in [0.5, 0.6) is 11.5 Å². The van der Waals surface area contributed by atoms with Crippen LogP contribution in [0.1, 0.15) is 29.5 Å². The number of benzene rings is 3. The first-order chi connectivity index (χ1) is 18.2. The van der Waals surface area contributed by atoms with E-state index < -0.39 is 27.4 Å². The van der Waals surface area contributed by atoms with Crippen LogP contribution in [0, 0.1) is 6.92 Å². The van der Waals surface area contributed by atoms with Gasteiger partial charge in [-0.05, 0) is 71.8 Å². The number of hydrogen-bond acceptors (Lipinski definition) is 7. The fraction of sp³-hybridized carbons (Fsp3) is 0.286. The van der Waals surface area contributed by atoms with Gasteiger partial charge in [0.1, 0.15) is 18.4 Å². The molecular weight excluding hydrogens is 508 g/mol. The zero-order chi connectivity index (χ0) is 26.5. The SMILES string of the molecule is Cc1ccc(CC(=O)C2(c3ccc4c(c3)OCO4)CC2)cc1-c1ccc(S(=O)(=O)N[C@@H]2CONC2=O)cc1. The van der Waals surface area contributed by atoms with Gasteiger partial charge in [0, 0.05) is 6.42 Å². The van der Waals surface area contributed by atoms with E-state index in [1.807, 2.05) is 43.3 Å². The first-order valence-corrected chi connectivity index (χ1v) is 13.8. The Bertz CT molecular complexity index is 1550. The Morgan fingerprint density at radius 2 is 1.79 bits per heavy atom. The summed E-state index contributed by atoms with van der Waals surface area (Å²) < 4.78 is 38.7. The Hall–Kier alpha value is -3.73. The average Bonchev–Trinajstić information content (AvgIpc) is 3.43. The average molecular weight is 535 g/mol. The van der Waals surface area contributed by atoms with Crippen LogP contribution in [0.25, 0.3) is 11.1 Å². The monoisotopic (exact) mass is 534 g/mol. The highest BCUT2D eigenvalue weighted by atomic mass is 32.2. The third-order valence-corrected chi connectivity index (χ3v) is 8.88. The minimum absolute atomic E-state index is 0.0457. The van der Waals surface area contributed by atoms with Gasteiger partial charge in [-0.25, -0.2) is 13.9 Å². The van der Waals surface area contributed by atoms with Gasteiger partial charge in [-0.2, -0.15) is 4.72 Å². The molecule has 1 saturated carbocycles. The first kappa shape index (κ1) is 24.6. The molecule has 6 rings (SSSR count). The molecule has 0 aromatic heterocycles. The Balaban J connectivity index is 1.20. The molecule has 0 radical (unpaired) electrons. The van der Waals surface area contributed by atoms with Crippen LogP contribution in [0.4, 0.5) is 0 Å². The van der Waals surface area contributed by atoms with Crippen LogP contribution < -0.4 is 19.7 Å². The molecule has 1 amide bonds. The Kier molecular flexibility index (Phi) is 5.97. The summed E-state index contributed by atoms with van der Waals surface area (Å²) in [4.78, 5) is 30.0. The molecule has 1 saturated heterocycles. The molecule has 196 valence electrons. The number of ether oxygens (including phenoxy) is 2. The van der Waals surface area contributed by atoms with Gasteiger partial charge in [-0.15, -0.1) is 0 Å². The minimum Gasteiger partial charge on any atom is -0.454 e. The van der Waals surface area contributed by atoms with Crippen LogP contribution in [0.15, 0.2) is 65.6 Å². The lowest BCUT2D eigenvalue weighted by Crippen LogP contribution is -2.41. The Labute approximate surface area is 220 Å². The van der Waals surface area contributed by atoms with Crippen LogP contribution >= 0.6 is 0 Å². The van der Waals surface area contributed by atoms with Crippen LogP contribution in [-0.2, 0) is 36.3 Å². The second-order valence-electron chi connectivity index (χ2n) is 9.87. The van der Waals surface area contributed by atoms with Gasteiger partial charge in [-0.3, -0.25) is 14.4 Å². The van der Waals surface area contributed by atoms with Crippen molar-refractivity contribution in [2.45, 2.75) is 42.5 Å². The van der Waals surface area contributed by atoms with Crippen molar-refractivity contribution in [3.8, 4) is 22.6 Å². The van der Waals surface area contributed by atoms with E-state index in [4.69, 9.17) is 14.3 Å².